The predicted molar refractivity (Wildman–Crippen MR) is 75.3 cm³/mol. The zero-order valence-electron chi connectivity index (χ0n) is 11.6. The number of hydrogen-bond acceptors (Lipinski definition) is 3. The van der Waals surface area contributed by atoms with Crippen molar-refractivity contribution in [3.05, 3.63) is 30.1 Å². The molecule has 19 heavy (non-hydrogen) atoms. The Morgan fingerprint density at radius 3 is 2.68 bits per heavy atom. The van der Waals surface area contributed by atoms with E-state index >= 15 is 0 Å². The van der Waals surface area contributed by atoms with Gasteiger partial charge in [0, 0.05) is 31.4 Å². The van der Waals surface area contributed by atoms with Crippen molar-refractivity contribution in [2.24, 2.45) is 11.7 Å². The van der Waals surface area contributed by atoms with Gasteiger partial charge in [0.15, 0.2) is 0 Å². The van der Waals surface area contributed by atoms with Crippen molar-refractivity contribution < 1.29 is 4.79 Å². The summed E-state index contributed by atoms with van der Waals surface area (Å²) in [6.07, 6.45) is 7.37. The number of nitrogens with two attached hydrogens (primary N) is 1. The molecule has 1 aromatic rings. The monoisotopic (exact) mass is 261 g/mol. The molecule has 1 aliphatic carbocycles. The van der Waals surface area contributed by atoms with Gasteiger partial charge in [0.25, 0.3) is 0 Å². The highest BCUT2D eigenvalue weighted by Gasteiger charge is 2.32. The van der Waals surface area contributed by atoms with Crippen LogP contribution in [-0.4, -0.2) is 28.4 Å². The first-order chi connectivity index (χ1) is 9.24. The number of pyridine rings is 1. The Hall–Kier alpha value is -1.42. The maximum absolute atomic E-state index is 12.4. The number of aromatic nitrogens is 1. The fourth-order valence-electron chi connectivity index (χ4n) is 2.25. The van der Waals surface area contributed by atoms with E-state index in [0.717, 1.165) is 24.8 Å². The second-order valence-corrected chi connectivity index (χ2v) is 5.32. The first-order valence-electron chi connectivity index (χ1n) is 7.13. The van der Waals surface area contributed by atoms with E-state index in [1.807, 2.05) is 17.0 Å². The number of hydrogen-bond donors (Lipinski definition) is 1. The third kappa shape index (κ3) is 4.03. The van der Waals surface area contributed by atoms with Crippen LogP contribution in [0.1, 0.15) is 38.2 Å². The van der Waals surface area contributed by atoms with Gasteiger partial charge in [-0.1, -0.05) is 13.3 Å². The van der Waals surface area contributed by atoms with Gasteiger partial charge < -0.3 is 10.6 Å². The molecule has 0 bridgehead atoms. The Kier molecular flexibility index (Phi) is 4.91. The molecule has 1 saturated carbocycles. The van der Waals surface area contributed by atoms with Crippen LogP contribution in [0.25, 0.3) is 0 Å². The number of carbonyl (C=O) groups is 1. The quantitative estimate of drug-likeness (QED) is 0.816. The SMILES string of the molecule is CCC(CN)CC(=O)N(Cc1ccncc1)C1CC1. The summed E-state index contributed by atoms with van der Waals surface area (Å²) in [5.74, 6) is 0.558. The Morgan fingerprint density at radius 1 is 1.47 bits per heavy atom. The van der Waals surface area contributed by atoms with Gasteiger partial charge in [0.1, 0.15) is 0 Å². The van der Waals surface area contributed by atoms with Crippen LogP contribution in [0.15, 0.2) is 24.5 Å². The van der Waals surface area contributed by atoms with Gasteiger partial charge in [-0.3, -0.25) is 9.78 Å². The third-order valence-electron chi connectivity index (χ3n) is 3.78. The molecule has 1 heterocycles. The number of carbonyl (C=O) groups excluding carboxylic acids is 1. The smallest absolute Gasteiger partial charge is 0.223 e. The molecule has 1 aliphatic rings. The Bertz CT molecular complexity index is 399. The minimum atomic E-state index is 0.247. The summed E-state index contributed by atoms with van der Waals surface area (Å²) < 4.78 is 0. The van der Waals surface area contributed by atoms with Gasteiger partial charge in [-0.2, -0.15) is 0 Å². The molecule has 104 valence electrons. The molecule has 1 fully saturated rings. The average molecular weight is 261 g/mol. The standard InChI is InChI=1S/C15H23N3O/c1-2-12(10-16)9-15(19)18(14-3-4-14)11-13-5-7-17-8-6-13/h5-8,12,14H,2-4,9-11,16H2,1H3. The molecule has 2 N–H and O–H groups in total. The highest BCUT2D eigenvalue weighted by molar-refractivity contribution is 5.77. The van der Waals surface area contributed by atoms with Crippen molar-refractivity contribution in [2.75, 3.05) is 6.54 Å². The van der Waals surface area contributed by atoms with E-state index in [2.05, 4.69) is 11.9 Å². The molecule has 0 saturated heterocycles. The van der Waals surface area contributed by atoms with Crippen LogP contribution in [0.5, 0.6) is 0 Å². The molecule has 1 aromatic heterocycles. The number of amides is 1. The zero-order chi connectivity index (χ0) is 13.7. The van der Waals surface area contributed by atoms with Crippen LogP contribution < -0.4 is 5.73 Å². The minimum Gasteiger partial charge on any atom is -0.335 e. The fraction of sp³-hybridized carbons (Fsp3) is 0.600. The summed E-state index contributed by atoms with van der Waals surface area (Å²) >= 11 is 0. The van der Waals surface area contributed by atoms with E-state index < -0.39 is 0 Å². The molecular formula is C15H23N3O. The second-order valence-electron chi connectivity index (χ2n) is 5.32. The van der Waals surface area contributed by atoms with Crippen LogP contribution in [-0.2, 0) is 11.3 Å². The maximum Gasteiger partial charge on any atom is 0.223 e. The summed E-state index contributed by atoms with van der Waals surface area (Å²) in [5, 5.41) is 0. The second kappa shape index (κ2) is 6.66. The molecule has 1 atom stereocenters. The van der Waals surface area contributed by atoms with Gasteiger partial charge in [-0.05, 0) is 43.0 Å². The third-order valence-corrected chi connectivity index (χ3v) is 3.78. The summed E-state index contributed by atoms with van der Waals surface area (Å²) in [7, 11) is 0. The van der Waals surface area contributed by atoms with Gasteiger partial charge in [-0.25, -0.2) is 0 Å². The number of nitrogens with zero attached hydrogens (tertiary/aromatic N) is 2. The van der Waals surface area contributed by atoms with Crippen molar-refractivity contribution in [3.8, 4) is 0 Å². The lowest BCUT2D eigenvalue weighted by molar-refractivity contribution is -0.133. The molecule has 1 unspecified atom stereocenters. The van der Waals surface area contributed by atoms with Crippen LogP contribution in [0.4, 0.5) is 0 Å². The van der Waals surface area contributed by atoms with Crippen molar-refractivity contribution in [1.82, 2.24) is 9.88 Å². The Labute approximate surface area is 115 Å². The summed E-state index contributed by atoms with van der Waals surface area (Å²) in [4.78, 5) is 18.4. The minimum absolute atomic E-state index is 0.247. The summed E-state index contributed by atoms with van der Waals surface area (Å²) in [6, 6.07) is 4.39. The first kappa shape index (κ1) is 14.0. The van der Waals surface area contributed by atoms with Crippen molar-refractivity contribution in [2.45, 2.75) is 45.2 Å². The van der Waals surface area contributed by atoms with Crippen LogP contribution in [0, 0.1) is 5.92 Å². The van der Waals surface area contributed by atoms with Gasteiger partial charge >= 0.3 is 0 Å². The summed E-state index contributed by atoms with van der Waals surface area (Å²) in [6.45, 7) is 3.39. The molecule has 0 spiro atoms. The lowest BCUT2D eigenvalue weighted by atomic mass is 10.0. The molecule has 2 rings (SSSR count). The van der Waals surface area contributed by atoms with E-state index in [4.69, 9.17) is 5.73 Å². The highest BCUT2D eigenvalue weighted by Crippen LogP contribution is 2.29. The van der Waals surface area contributed by atoms with E-state index in [1.54, 1.807) is 12.4 Å². The van der Waals surface area contributed by atoms with Crippen molar-refractivity contribution >= 4 is 5.91 Å². The molecule has 4 nitrogen and oxygen atoms in total. The van der Waals surface area contributed by atoms with E-state index in [9.17, 15) is 4.79 Å². The van der Waals surface area contributed by atoms with Gasteiger partial charge in [0.05, 0.1) is 0 Å². The average Bonchev–Trinajstić information content (AvgIpc) is 3.27. The summed E-state index contributed by atoms with van der Waals surface area (Å²) in [5.41, 5.74) is 6.85. The Morgan fingerprint density at radius 2 is 2.16 bits per heavy atom. The molecule has 1 amide bonds. The fourth-order valence-corrected chi connectivity index (χ4v) is 2.25. The van der Waals surface area contributed by atoms with E-state index in [1.165, 1.54) is 0 Å². The molecule has 0 radical (unpaired) electrons. The van der Waals surface area contributed by atoms with Crippen LogP contribution in [0.3, 0.4) is 0 Å². The molecule has 0 aliphatic heterocycles. The van der Waals surface area contributed by atoms with E-state index in [-0.39, 0.29) is 5.91 Å². The normalized spacial score (nSPS) is 16.1. The Balaban J connectivity index is 1.98. The van der Waals surface area contributed by atoms with Gasteiger partial charge in [0.2, 0.25) is 5.91 Å². The maximum atomic E-state index is 12.4. The lowest BCUT2D eigenvalue weighted by Crippen LogP contribution is -2.34. The number of rotatable bonds is 7. The van der Waals surface area contributed by atoms with Crippen LogP contribution in [0.2, 0.25) is 0 Å². The largest absolute Gasteiger partial charge is 0.335 e. The van der Waals surface area contributed by atoms with E-state index in [0.29, 0.717) is 31.5 Å². The highest BCUT2D eigenvalue weighted by atomic mass is 16.2. The molecular weight excluding hydrogens is 238 g/mol. The molecule has 0 aromatic carbocycles. The van der Waals surface area contributed by atoms with Crippen LogP contribution >= 0.6 is 0 Å². The van der Waals surface area contributed by atoms with Gasteiger partial charge in [-0.15, -0.1) is 0 Å². The topological polar surface area (TPSA) is 59.2 Å². The van der Waals surface area contributed by atoms with Crippen molar-refractivity contribution in [1.29, 1.82) is 0 Å². The van der Waals surface area contributed by atoms with Crippen molar-refractivity contribution in [3.63, 3.8) is 0 Å². The lowest BCUT2D eigenvalue weighted by Gasteiger charge is -2.24. The predicted octanol–water partition coefficient (Wildman–Crippen LogP) is 1.95. The molecule has 4 heteroatoms. The zero-order valence-corrected chi connectivity index (χ0v) is 11.6. The first-order valence-corrected chi connectivity index (χ1v) is 7.13.